The molecule has 0 N–H and O–H groups in total. The van der Waals surface area contributed by atoms with Gasteiger partial charge in [0.25, 0.3) is 0 Å². The van der Waals surface area contributed by atoms with Crippen molar-refractivity contribution in [2.45, 2.75) is 32.6 Å². The number of hydrogen-bond acceptors (Lipinski definition) is 0. The summed E-state index contributed by atoms with van der Waals surface area (Å²) in [5.41, 5.74) is 3.00. The zero-order chi connectivity index (χ0) is 10.6. The first-order valence-corrected chi connectivity index (χ1v) is 5.80. The fourth-order valence-corrected chi connectivity index (χ4v) is 1.51. The second kappa shape index (κ2) is 4.79. The van der Waals surface area contributed by atoms with Gasteiger partial charge in [0.1, 0.15) is 0 Å². The van der Waals surface area contributed by atoms with Gasteiger partial charge < -0.3 is 0 Å². The van der Waals surface area contributed by atoms with Crippen LogP contribution in [0.3, 0.4) is 0 Å². The Morgan fingerprint density at radius 1 is 1.14 bits per heavy atom. The highest BCUT2D eigenvalue weighted by Gasteiger charge is 2.12. The van der Waals surface area contributed by atoms with Gasteiger partial charge in [0.05, 0.1) is 0 Å². The highest BCUT2D eigenvalue weighted by atomic mass is 79.9. The summed E-state index contributed by atoms with van der Waals surface area (Å²) >= 11 is 3.27. The molecule has 0 saturated carbocycles. The molecule has 0 atom stereocenters. The molecule has 1 rings (SSSR count). The topological polar surface area (TPSA) is 0 Å². The lowest BCUT2D eigenvalue weighted by atomic mass is 9.86. The molecule has 0 aliphatic rings. The van der Waals surface area contributed by atoms with E-state index in [0.29, 0.717) is 0 Å². The fraction of sp³-hybridized carbons (Fsp3) is 0.385. The fourth-order valence-electron chi connectivity index (χ4n) is 1.32. The zero-order valence-corrected chi connectivity index (χ0v) is 10.6. The van der Waals surface area contributed by atoms with Crippen LogP contribution in [0.5, 0.6) is 0 Å². The third kappa shape index (κ3) is 3.30. The largest absolute Gasteiger partial charge is 0.0732 e. The van der Waals surface area contributed by atoms with E-state index in [1.165, 1.54) is 11.1 Å². The molecule has 0 heterocycles. The lowest BCUT2D eigenvalue weighted by molar-refractivity contribution is 0.590. The van der Waals surface area contributed by atoms with E-state index in [0.717, 1.165) is 6.42 Å². The van der Waals surface area contributed by atoms with Crippen molar-refractivity contribution in [3.05, 3.63) is 46.5 Å². The maximum Gasteiger partial charge on any atom is -0.00892 e. The molecule has 1 aromatic carbocycles. The summed E-state index contributed by atoms with van der Waals surface area (Å²) < 4.78 is 0. The Morgan fingerprint density at radius 2 is 1.71 bits per heavy atom. The third-order valence-corrected chi connectivity index (χ3v) is 2.64. The Hall–Kier alpha value is -0.560. The van der Waals surface area contributed by atoms with Crippen LogP contribution in [-0.2, 0) is 11.8 Å². The van der Waals surface area contributed by atoms with Crippen molar-refractivity contribution in [3.63, 3.8) is 0 Å². The van der Waals surface area contributed by atoms with Gasteiger partial charge in [-0.1, -0.05) is 67.0 Å². The van der Waals surface area contributed by atoms with Gasteiger partial charge in [-0.05, 0) is 27.9 Å². The van der Waals surface area contributed by atoms with Gasteiger partial charge >= 0.3 is 0 Å². The second-order valence-corrected chi connectivity index (χ2v) is 5.04. The highest BCUT2D eigenvalue weighted by Crippen LogP contribution is 2.22. The van der Waals surface area contributed by atoms with Gasteiger partial charge in [-0.15, -0.1) is 0 Å². The van der Waals surface area contributed by atoms with Crippen molar-refractivity contribution < 1.29 is 0 Å². The minimum absolute atomic E-state index is 0.254. The maximum atomic E-state index is 3.27. The molecule has 0 saturated heterocycles. The molecule has 0 aliphatic carbocycles. The molecule has 0 unspecified atom stereocenters. The smallest absolute Gasteiger partial charge is 0.00892 e. The number of rotatable bonds is 2. The summed E-state index contributed by atoms with van der Waals surface area (Å²) in [7, 11) is 0. The van der Waals surface area contributed by atoms with Gasteiger partial charge in [0, 0.05) is 0 Å². The van der Waals surface area contributed by atoms with Crippen molar-refractivity contribution in [1.29, 1.82) is 0 Å². The first kappa shape index (κ1) is 11.5. The standard InChI is InChI=1S/C13H17Br/c1-13(2,3)12-8-6-11(7-9-12)5-4-10-14/h4,6-10H,5H2,1-3H3. The molecule has 0 radical (unpaired) electrons. The van der Waals surface area contributed by atoms with Crippen LogP contribution in [0.1, 0.15) is 31.9 Å². The average Bonchev–Trinajstić information content (AvgIpc) is 2.14. The summed E-state index contributed by atoms with van der Waals surface area (Å²) in [6.45, 7) is 6.71. The van der Waals surface area contributed by atoms with Gasteiger partial charge in [0.15, 0.2) is 0 Å². The van der Waals surface area contributed by atoms with E-state index in [2.05, 4.69) is 67.0 Å². The van der Waals surface area contributed by atoms with E-state index in [9.17, 15) is 0 Å². The Labute approximate surface area is 95.2 Å². The van der Waals surface area contributed by atoms with Crippen LogP contribution in [0.4, 0.5) is 0 Å². The van der Waals surface area contributed by atoms with Crippen LogP contribution in [-0.4, -0.2) is 0 Å². The molecule has 0 spiro atoms. The minimum atomic E-state index is 0.254. The van der Waals surface area contributed by atoms with Gasteiger partial charge in [0.2, 0.25) is 0 Å². The normalized spacial score (nSPS) is 12.3. The molecule has 0 bridgehead atoms. The summed E-state index contributed by atoms with van der Waals surface area (Å²) in [5, 5.41) is 0. The Kier molecular flexibility index (Phi) is 3.94. The van der Waals surface area contributed by atoms with Crippen LogP contribution >= 0.6 is 15.9 Å². The number of halogens is 1. The van der Waals surface area contributed by atoms with Crippen molar-refractivity contribution in [2.24, 2.45) is 0 Å². The summed E-state index contributed by atoms with van der Waals surface area (Å²) in [4.78, 5) is 1.91. The quantitative estimate of drug-likeness (QED) is 0.731. The van der Waals surface area contributed by atoms with E-state index in [1.54, 1.807) is 0 Å². The third-order valence-electron chi connectivity index (χ3n) is 2.26. The molecule has 0 fully saturated rings. The summed E-state index contributed by atoms with van der Waals surface area (Å²) in [6.07, 6.45) is 3.10. The van der Waals surface area contributed by atoms with E-state index in [-0.39, 0.29) is 5.41 Å². The molecule has 0 amide bonds. The molecular formula is C13H17Br. The van der Waals surface area contributed by atoms with Gasteiger partial charge in [-0.3, -0.25) is 0 Å². The first-order valence-electron chi connectivity index (χ1n) is 4.88. The first-order chi connectivity index (χ1) is 6.54. The van der Waals surface area contributed by atoms with Crippen LogP contribution in [0.15, 0.2) is 35.3 Å². The van der Waals surface area contributed by atoms with Crippen molar-refractivity contribution >= 4 is 15.9 Å². The zero-order valence-electron chi connectivity index (χ0n) is 9.05. The lowest BCUT2D eigenvalue weighted by Crippen LogP contribution is -2.10. The second-order valence-electron chi connectivity index (χ2n) is 4.51. The Morgan fingerprint density at radius 3 is 2.14 bits per heavy atom. The maximum absolute atomic E-state index is 3.27. The van der Waals surface area contributed by atoms with Crippen LogP contribution in [0.25, 0.3) is 0 Å². The van der Waals surface area contributed by atoms with Crippen LogP contribution < -0.4 is 0 Å². The van der Waals surface area contributed by atoms with Gasteiger partial charge in [-0.25, -0.2) is 0 Å². The average molecular weight is 253 g/mol. The molecule has 14 heavy (non-hydrogen) atoms. The van der Waals surface area contributed by atoms with Gasteiger partial charge in [-0.2, -0.15) is 0 Å². The number of hydrogen-bond donors (Lipinski definition) is 0. The number of benzene rings is 1. The summed E-state index contributed by atoms with van der Waals surface area (Å²) in [6, 6.07) is 8.84. The Balaban J connectivity index is 2.79. The van der Waals surface area contributed by atoms with E-state index < -0.39 is 0 Å². The minimum Gasteiger partial charge on any atom is -0.0732 e. The van der Waals surface area contributed by atoms with Crippen LogP contribution in [0, 0.1) is 0 Å². The number of allylic oxidation sites excluding steroid dienone is 1. The van der Waals surface area contributed by atoms with E-state index in [1.807, 2.05) is 4.99 Å². The van der Waals surface area contributed by atoms with E-state index >= 15 is 0 Å². The molecule has 0 nitrogen and oxygen atoms in total. The molecular weight excluding hydrogens is 236 g/mol. The van der Waals surface area contributed by atoms with Crippen molar-refractivity contribution in [2.75, 3.05) is 0 Å². The SMILES string of the molecule is CC(C)(C)c1ccc(CC=CBr)cc1. The van der Waals surface area contributed by atoms with Crippen molar-refractivity contribution in [1.82, 2.24) is 0 Å². The molecule has 0 aliphatic heterocycles. The van der Waals surface area contributed by atoms with E-state index in [4.69, 9.17) is 0 Å². The molecule has 0 aromatic heterocycles. The molecule has 1 aromatic rings. The monoisotopic (exact) mass is 252 g/mol. The molecule has 1 heteroatoms. The predicted octanol–water partition coefficient (Wildman–Crippen LogP) is 4.44. The highest BCUT2D eigenvalue weighted by molar-refractivity contribution is 9.11. The predicted molar refractivity (Wildman–Crippen MR) is 66.9 cm³/mol. The lowest BCUT2D eigenvalue weighted by Gasteiger charge is -2.18. The molecule has 76 valence electrons. The van der Waals surface area contributed by atoms with Crippen molar-refractivity contribution in [3.8, 4) is 0 Å². The van der Waals surface area contributed by atoms with Crippen LogP contribution in [0.2, 0.25) is 0 Å². The summed E-state index contributed by atoms with van der Waals surface area (Å²) in [5.74, 6) is 0. The Bertz CT molecular complexity index is 301.